The Bertz CT molecular complexity index is 1700. The van der Waals surface area contributed by atoms with E-state index in [1.54, 1.807) is 42.5 Å². The number of aliphatic hydroxyl groups excluding tert-OH is 1. The fourth-order valence-electron chi connectivity index (χ4n) is 4.93. The number of nitrogens with one attached hydrogen (secondary N) is 1. The summed E-state index contributed by atoms with van der Waals surface area (Å²) in [5, 5.41) is 12.6. The maximum atomic E-state index is 14.3. The van der Waals surface area contributed by atoms with Crippen LogP contribution in [0.25, 0.3) is 6.08 Å². The van der Waals surface area contributed by atoms with Crippen molar-refractivity contribution in [2.75, 3.05) is 13.2 Å². The van der Waals surface area contributed by atoms with Crippen molar-refractivity contribution >= 4 is 41.1 Å². The third kappa shape index (κ3) is 7.71. The molecule has 4 aromatic carbocycles. The van der Waals surface area contributed by atoms with Gasteiger partial charge in [0.05, 0.1) is 6.61 Å². The highest BCUT2D eigenvalue weighted by Gasteiger charge is 2.53. The predicted molar refractivity (Wildman–Crippen MR) is 171 cm³/mol. The van der Waals surface area contributed by atoms with E-state index in [1.165, 1.54) is 6.07 Å². The third-order valence-corrected chi connectivity index (χ3v) is 7.81. The van der Waals surface area contributed by atoms with Crippen molar-refractivity contribution in [2.24, 2.45) is 4.99 Å². The predicted octanol–water partition coefficient (Wildman–Crippen LogP) is 7.71. The van der Waals surface area contributed by atoms with Gasteiger partial charge in [0.15, 0.2) is 23.3 Å². The number of benzene rings is 4. The number of amides is 1. The number of carbonyl (C=O) groups is 1. The quantitative estimate of drug-likeness (QED) is 0.154. The Hall–Kier alpha value is -4.24. The van der Waals surface area contributed by atoms with E-state index >= 15 is 0 Å². The molecule has 0 radical (unpaired) electrons. The molecule has 0 unspecified atom stereocenters. The van der Waals surface area contributed by atoms with E-state index in [9.17, 15) is 13.6 Å². The number of halogens is 4. The first kappa shape index (κ1) is 32.2. The lowest BCUT2D eigenvalue weighted by Gasteiger charge is -2.30. The minimum absolute atomic E-state index is 0.0241. The van der Waals surface area contributed by atoms with Crippen LogP contribution in [0.1, 0.15) is 41.2 Å². The molecule has 0 bridgehead atoms. The van der Waals surface area contributed by atoms with Gasteiger partial charge < -0.3 is 19.9 Å². The van der Waals surface area contributed by atoms with E-state index in [0.29, 0.717) is 45.5 Å². The first-order valence-corrected chi connectivity index (χ1v) is 15.0. The number of rotatable bonds is 12. The summed E-state index contributed by atoms with van der Waals surface area (Å²) < 4.78 is 39.6. The van der Waals surface area contributed by atoms with Crippen molar-refractivity contribution in [3.05, 3.63) is 141 Å². The molecule has 6 nitrogen and oxygen atoms in total. The third-order valence-electron chi connectivity index (χ3n) is 7.25. The second-order valence-corrected chi connectivity index (χ2v) is 11.2. The Labute approximate surface area is 269 Å². The van der Waals surface area contributed by atoms with Gasteiger partial charge in [-0.1, -0.05) is 77.8 Å². The minimum atomic E-state index is -1.55. The van der Waals surface area contributed by atoms with Crippen LogP contribution in [-0.2, 0) is 16.1 Å². The second-order valence-electron chi connectivity index (χ2n) is 10.4. The molecule has 0 spiro atoms. The van der Waals surface area contributed by atoms with E-state index in [4.69, 9.17) is 42.8 Å². The monoisotopic (exact) mass is 650 g/mol. The summed E-state index contributed by atoms with van der Waals surface area (Å²) in [6, 6.07) is 25.0. The largest absolute Gasteiger partial charge is 0.494 e. The van der Waals surface area contributed by atoms with Gasteiger partial charge >= 0.3 is 0 Å². The Morgan fingerprint density at radius 1 is 1.00 bits per heavy atom. The van der Waals surface area contributed by atoms with Crippen molar-refractivity contribution < 1.29 is 28.2 Å². The van der Waals surface area contributed by atoms with E-state index in [1.807, 2.05) is 42.5 Å². The molecular weight excluding hydrogens is 621 g/mol. The SMILES string of the molecule is O=C(NCc1ccc(F)c(F)c1)[C@]1(C/C=C/c2ccccc2)N=C(c2ccc(OCCCO)cc2)O[C@@H]1c1ccc(Cl)cc1Cl. The van der Waals surface area contributed by atoms with E-state index in [2.05, 4.69) is 5.32 Å². The van der Waals surface area contributed by atoms with Gasteiger partial charge in [-0.25, -0.2) is 13.8 Å². The summed E-state index contributed by atoms with van der Waals surface area (Å²) in [4.78, 5) is 19.2. The van der Waals surface area contributed by atoms with Gasteiger partial charge in [0.1, 0.15) is 5.75 Å². The number of nitrogens with zero attached hydrogens (tertiary/aromatic N) is 1. The number of ether oxygens (including phenoxy) is 2. The van der Waals surface area contributed by atoms with Crippen molar-refractivity contribution in [2.45, 2.75) is 31.0 Å². The van der Waals surface area contributed by atoms with Crippen LogP contribution in [0.5, 0.6) is 5.75 Å². The van der Waals surface area contributed by atoms with Gasteiger partial charge in [-0.05, 0) is 59.7 Å². The molecule has 1 amide bonds. The fraction of sp³-hybridized carbons (Fsp3) is 0.200. The molecule has 1 aliphatic rings. The zero-order valence-electron chi connectivity index (χ0n) is 24.1. The Kier molecular flexibility index (Phi) is 10.5. The van der Waals surface area contributed by atoms with Gasteiger partial charge in [0, 0.05) is 47.2 Å². The van der Waals surface area contributed by atoms with Gasteiger partial charge in [0.2, 0.25) is 5.90 Å². The molecule has 5 rings (SSSR count). The molecule has 0 saturated carbocycles. The highest BCUT2D eigenvalue weighted by Crippen LogP contribution is 2.45. The minimum Gasteiger partial charge on any atom is -0.494 e. The molecule has 0 fully saturated rings. The molecular formula is C35H30Cl2F2N2O4. The Morgan fingerprint density at radius 2 is 1.78 bits per heavy atom. The smallest absolute Gasteiger partial charge is 0.252 e. The van der Waals surface area contributed by atoms with Crippen molar-refractivity contribution in [3.8, 4) is 5.75 Å². The topological polar surface area (TPSA) is 80.2 Å². The van der Waals surface area contributed by atoms with Crippen molar-refractivity contribution in [1.29, 1.82) is 0 Å². The summed E-state index contributed by atoms with van der Waals surface area (Å²) in [5.41, 5.74) is 0.850. The average Bonchev–Trinajstić information content (AvgIpc) is 3.43. The Balaban J connectivity index is 1.55. The van der Waals surface area contributed by atoms with Crippen LogP contribution in [0.15, 0.2) is 102 Å². The van der Waals surface area contributed by atoms with E-state index in [0.717, 1.165) is 17.7 Å². The van der Waals surface area contributed by atoms with Crippen LogP contribution in [0.4, 0.5) is 8.78 Å². The molecule has 45 heavy (non-hydrogen) atoms. The second kappa shape index (κ2) is 14.7. The van der Waals surface area contributed by atoms with Gasteiger partial charge in [0.25, 0.3) is 5.91 Å². The van der Waals surface area contributed by atoms with Crippen LogP contribution in [0, 0.1) is 11.6 Å². The summed E-state index contributed by atoms with van der Waals surface area (Å²) in [7, 11) is 0. The molecule has 0 aliphatic carbocycles. The normalized spacial score (nSPS) is 17.6. The first-order valence-electron chi connectivity index (χ1n) is 14.3. The summed E-state index contributed by atoms with van der Waals surface area (Å²) in [5.74, 6) is -1.68. The van der Waals surface area contributed by atoms with E-state index in [-0.39, 0.29) is 25.5 Å². The Morgan fingerprint density at radius 3 is 2.49 bits per heavy atom. The maximum Gasteiger partial charge on any atom is 0.252 e. The molecule has 1 aliphatic heterocycles. The van der Waals surface area contributed by atoms with Gasteiger partial charge in [-0.3, -0.25) is 4.79 Å². The van der Waals surface area contributed by atoms with Crippen LogP contribution in [-0.4, -0.2) is 35.7 Å². The van der Waals surface area contributed by atoms with Crippen LogP contribution in [0.2, 0.25) is 10.0 Å². The van der Waals surface area contributed by atoms with Gasteiger partial charge in [-0.2, -0.15) is 0 Å². The zero-order valence-corrected chi connectivity index (χ0v) is 25.6. The maximum absolute atomic E-state index is 14.3. The summed E-state index contributed by atoms with van der Waals surface area (Å²) in [6.07, 6.45) is 3.37. The first-order chi connectivity index (χ1) is 21.8. The van der Waals surface area contributed by atoms with E-state index < -0.39 is 29.2 Å². The summed E-state index contributed by atoms with van der Waals surface area (Å²) >= 11 is 12.9. The number of hydrogen-bond donors (Lipinski definition) is 2. The highest BCUT2D eigenvalue weighted by molar-refractivity contribution is 6.35. The van der Waals surface area contributed by atoms with Crippen molar-refractivity contribution in [1.82, 2.24) is 5.32 Å². The summed E-state index contributed by atoms with van der Waals surface area (Å²) in [6.45, 7) is 0.307. The molecule has 10 heteroatoms. The molecule has 232 valence electrons. The molecule has 2 N–H and O–H groups in total. The molecule has 2 atom stereocenters. The van der Waals surface area contributed by atoms with Gasteiger partial charge in [-0.15, -0.1) is 0 Å². The lowest BCUT2D eigenvalue weighted by Crippen LogP contribution is -2.47. The van der Waals surface area contributed by atoms with Crippen LogP contribution < -0.4 is 10.1 Å². The van der Waals surface area contributed by atoms with Crippen LogP contribution in [0.3, 0.4) is 0 Å². The zero-order chi connectivity index (χ0) is 31.8. The molecule has 4 aromatic rings. The highest BCUT2D eigenvalue weighted by atomic mass is 35.5. The lowest BCUT2D eigenvalue weighted by atomic mass is 9.84. The number of aliphatic imine (C=N–C) groups is 1. The molecule has 0 aromatic heterocycles. The molecule has 1 heterocycles. The standard InChI is InChI=1S/C35H30Cl2F2N2O4/c36-26-12-15-28(29(37)21-26)32-35(17-4-8-23-6-2-1-3-7-23,34(43)40-22-24-9-16-30(38)31(39)20-24)41-33(45-32)25-10-13-27(14-11-25)44-19-5-18-42/h1-4,6-16,20-21,32,42H,5,17-19,22H2,(H,40,43)/b8-4+/t32-,35-/m1/s1. The fourth-order valence-corrected chi connectivity index (χ4v) is 5.44. The number of aliphatic hydroxyl groups is 1. The number of hydrogen-bond acceptors (Lipinski definition) is 5. The number of carbonyl (C=O) groups excluding carboxylic acids is 1. The van der Waals surface area contributed by atoms with Crippen molar-refractivity contribution in [3.63, 3.8) is 0 Å². The lowest BCUT2D eigenvalue weighted by molar-refractivity contribution is -0.129. The van der Waals surface area contributed by atoms with Crippen LogP contribution >= 0.6 is 23.2 Å². The molecule has 0 saturated heterocycles. The average molecular weight is 652 g/mol.